The lowest BCUT2D eigenvalue weighted by Gasteiger charge is -2.08. The minimum absolute atomic E-state index is 0.248. The van der Waals surface area contributed by atoms with Crippen LogP contribution in [0.4, 0.5) is 5.69 Å². The number of pyridine rings is 1. The number of aromatic nitrogens is 1. The molecule has 0 atom stereocenters. The number of amides is 1. The summed E-state index contributed by atoms with van der Waals surface area (Å²) in [6.07, 6.45) is 0. The van der Waals surface area contributed by atoms with Crippen molar-refractivity contribution in [1.82, 2.24) is 4.98 Å². The number of halogens is 2. The summed E-state index contributed by atoms with van der Waals surface area (Å²) in [5.41, 5.74) is 2.00. The quantitative estimate of drug-likeness (QED) is 0.846. The molecule has 0 radical (unpaired) electrons. The normalized spacial score (nSPS) is 10.2. The molecule has 0 aliphatic heterocycles. The standard InChI is InChI=1S/C13H10BrClN2O/c1-8-7-9(15)5-6-10(8)17-13(18)11-3-2-4-12(14)16-11/h2-7H,1H3,(H,17,18). The largest absolute Gasteiger partial charge is 0.320 e. The molecule has 18 heavy (non-hydrogen) atoms. The highest BCUT2D eigenvalue weighted by molar-refractivity contribution is 9.10. The van der Waals surface area contributed by atoms with E-state index in [1.165, 1.54) is 0 Å². The molecule has 2 aromatic rings. The monoisotopic (exact) mass is 324 g/mol. The third kappa shape index (κ3) is 3.09. The van der Waals surface area contributed by atoms with Gasteiger partial charge >= 0.3 is 0 Å². The Bertz CT molecular complexity index is 601. The first kappa shape index (κ1) is 13.1. The van der Waals surface area contributed by atoms with E-state index < -0.39 is 0 Å². The van der Waals surface area contributed by atoms with Gasteiger partial charge in [0.2, 0.25) is 0 Å². The summed E-state index contributed by atoms with van der Waals surface area (Å²) < 4.78 is 0.628. The second kappa shape index (κ2) is 5.50. The van der Waals surface area contributed by atoms with E-state index in [1.54, 1.807) is 36.4 Å². The molecule has 0 spiro atoms. The number of anilines is 1. The smallest absolute Gasteiger partial charge is 0.274 e. The summed E-state index contributed by atoms with van der Waals surface area (Å²) in [4.78, 5) is 16.1. The van der Waals surface area contributed by atoms with Gasteiger partial charge in [0.25, 0.3) is 5.91 Å². The molecule has 1 N–H and O–H groups in total. The van der Waals surface area contributed by atoms with Gasteiger partial charge < -0.3 is 5.32 Å². The number of nitrogens with one attached hydrogen (secondary N) is 1. The van der Waals surface area contributed by atoms with Crippen LogP contribution in [0.1, 0.15) is 16.1 Å². The first-order valence-electron chi connectivity index (χ1n) is 5.26. The lowest BCUT2D eigenvalue weighted by atomic mass is 10.2. The van der Waals surface area contributed by atoms with Gasteiger partial charge in [-0.1, -0.05) is 17.7 Å². The van der Waals surface area contributed by atoms with Gasteiger partial charge in [-0.3, -0.25) is 4.79 Å². The summed E-state index contributed by atoms with van der Waals surface area (Å²) in [5, 5.41) is 3.44. The van der Waals surface area contributed by atoms with E-state index in [0.717, 1.165) is 11.3 Å². The molecular weight excluding hydrogens is 316 g/mol. The molecule has 0 saturated heterocycles. The fourth-order valence-electron chi connectivity index (χ4n) is 1.49. The van der Waals surface area contributed by atoms with Crippen molar-refractivity contribution in [1.29, 1.82) is 0 Å². The summed E-state index contributed by atoms with van der Waals surface area (Å²) in [7, 11) is 0. The Hall–Kier alpha value is -1.39. The first-order chi connectivity index (χ1) is 8.56. The van der Waals surface area contributed by atoms with Gasteiger partial charge in [0, 0.05) is 10.7 Å². The third-order valence-electron chi connectivity index (χ3n) is 2.38. The maximum atomic E-state index is 12.0. The molecule has 1 heterocycles. The summed E-state index contributed by atoms with van der Waals surface area (Å²) >= 11 is 9.09. The van der Waals surface area contributed by atoms with Crippen LogP contribution in [-0.4, -0.2) is 10.9 Å². The summed E-state index contributed by atoms with van der Waals surface area (Å²) in [5.74, 6) is -0.248. The van der Waals surface area contributed by atoms with Gasteiger partial charge in [0.05, 0.1) is 0 Å². The van der Waals surface area contributed by atoms with Gasteiger partial charge in [-0.15, -0.1) is 0 Å². The Morgan fingerprint density at radius 1 is 1.33 bits per heavy atom. The van der Waals surface area contributed by atoms with Crippen LogP contribution < -0.4 is 5.32 Å². The molecular formula is C13H10BrClN2O. The van der Waals surface area contributed by atoms with Crippen molar-refractivity contribution in [3.8, 4) is 0 Å². The molecule has 1 aromatic carbocycles. The lowest BCUT2D eigenvalue weighted by molar-refractivity contribution is 0.102. The molecule has 0 fully saturated rings. The van der Waals surface area contributed by atoms with Gasteiger partial charge in [-0.05, 0) is 58.7 Å². The van der Waals surface area contributed by atoms with Crippen molar-refractivity contribution < 1.29 is 4.79 Å². The molecule has 0 saturated carbocycles. The lowest BCUT2D eigenvalue weighted by Crippen LogP contribution is -2.14. The van der Waals surface area contributed by atoms with Gasteiger partial charge in [0.1, 0.15) is 10.3 Å². The topological polar surface area (TPSA) is 42.0 Å². The van der Waals surface area contributed by atoms with Gasteiger partial charge in [-0.2, -0.15) is 0 Å². The highest BCUT2D eigenvalue weighted by atomic mass is 79.9. The molecule has 1 amide bonds. The molecule has 92 valence electrons. The van der Waals surface area contributed by atoms with Crippen LogP contribution in [-0.2, 0) is 0 Å². The Morgan fingerprint density at radius 2 is 2.11 bits per heavy atom. The zero-order valence-corrected chi connectivity index (χ0v) is 11.9. The van der Waals surface area contributed by atoms with Crippen LogP contribution in [0, 0.1) is 6.92 Å². The maximum absolute atomic E-state index is 12.0. The van der Waals surface area contributed by atoms with Crippen LogP contribution in [0.2, 0.25) is 5.02 Å². The number of aryl methyl sites for hydroxylation is 1. The van der Waals surface area contributed by atoms with Crippen LogP contribution in [0.5, 0.6) is 0 Å². The van der Waals surface area contributed by atoms with Crippen LogP contribution >= 0.6 is 27.5 Å². The highest BCUT2D eigenvalue weighted by Gasteiger charge is 2.09. The predicted molar refractivity (Wildman–Crippen MR) is 76.1 cm³/mol. The van der Waals surface area contributed by atoms with Gasteiger partial charge in [0.15, 0.2) is 0 Å². The minimum atomic E-state index is -0.248. The van der Waals surface area contributed by atoms with Crippen molar-refractivity contribution in [2.45, 2.75) is 6.92 Å². The maximum Gasteiger partial charge on any atom is 0.274 e. The zero-order chi connectivity index (χ0) is 13.1. The molecule has 0 unspecified atom stereocenters. The Morgan fingerprint density at radius 3 is 2.78 bits per heavy atom. The van der Waals surface area contributed by atoms with E-state index >= 15 is 0 Å². The number of rotatable bonds is 2. The average molecular weight is 326 g/mol. The van der Waals surface area contributed by atoms with Crippen LogP contribution in [0.15, 0.2) is 41.0 Å². The fraction of sp³-hybridized carbons (Fsp3) is 0.0769. The number of carbonyl (C=O) groups excluding carboxylic acids is 1. The van der Waals surface area contributed by atoms with E-state index in [2.05, 4.69) is 26.2 Å². The number of benzene rings is 1. The molecule has 1 aromatic heterocycles. The van der Waals surface area contributed by atoms with Gasteiger partial charge in [-0.25, -0.2) is 4.98 Å². The Kier molecular flexibility index (Phi) is 3.99. The predicted octanol–water partition coefficient (Wildman–Crippen LogP) is 4.06. The zero-order valence-electron chi connectivity index (χ0n) is 9.58. The number of hydrogen-bond acceptors (Lipinski definition) is 2. The second-order valence-electron chi connectivity index (χ2n) is 3.76. The van der Waals surface area contributed by atoms with E-state index in [-0.39, 0.29) is 5.91 Å². The highest BCUT2D eigenvalue weighted by Crippen LogP contribution is 2.20. The molecule has 2 rings (SSSR count). The number of nitrogens with zero attached hydrogens (tertiary/aromatic N) is 1. The number of hydrogen-bond donors (Lipinski definition) is 1. The summed E-state index contributed by atoms with van der Waals surface area (Å²) in [6, 6.07) is 10.5. The SMILES string of the molecule is Cc1cc(Cl)ccc1NC(=O)c1cccc(Br)n1. The molecule has 0 bridgehead atoms. The fourth-order valence-corrected chi connectivity index (χ4v) is 2.06. The van der Waals surface area contributed by atoms with Crippen molar-refractivity contribution in [3.05, 3.63) is 57.3 Å². The van der Waals surface area contributed by atoms with E-state index in [4.69, 9.17) is 11.6 Å². The molecule has 3 nitrogen and oxygen atoms in total. The van der Waals surface area contributed by atoms with Crippen molar-refractivity contribution in [3.63, 3.8) is 0 Å². The van der Waals surface area contributed by atoms with Crippen molar-refractivity contribution in [2.24, 2.45) is 0 Å². The first-order valence-corrected chi connectivity index (χ1v) is 6.43. The molecule has 0 aliphatic rings. The van der Waals surface area contributed by atoms with E-state index in [1.807, 2.05) is 6.92 Å². The van der Waals surface area contributed by atoms with Crippen LogP contribution in [0.25, 0.3) is 0 Å². The van der Waals surface area contributed by atoms with Crippen molar-refractivity contribution >= 4 is 39.1 Å². The molecule has 0 aliphatic carbocycles. The van der Waals surface area contributed by atoms with E-state index in [9.17, 15) is 4.79 Å². The van der Waals surface area contributed by atoms with Crippen molar-refractivity contribution in [2.75, 3.05) is 5.32 Å². The molecule has 5 heteroatoms. The second-order valence-corrected chi connectivity index (χ2v) is 5.01. The minimum Gasteiger partial charge on any atom is -0.320 e. The average Bonchev–Trinajstić information content (AvgIpc) is 2.32. The summed E-state index contributed by atoms with van der Waals surface area (Å²) in [6.45, 7) is 1.88. The Labute approximate surface area is 118 Å². The Balaban J connectivity index is 2.21. The van der Waals surface area contributed by atoms with E-state index in [0.29, 0.717) is 15.3 Å². The third-order valence-corrected chi connectivity index (χ3v) is 3.06. The number of carbonyl (C=O) groups is 1. The van der Waals surface area contributed by atoms with Crippen LogP contribution in [0.3, 0.4) is 0 Å².